The Kier molecular flexibility index (Phi) is 8.25. The Morgan fingerprint density at radius 1 is 1.08 bits per heavy atom. The molecule has 0 fully saturated rings. The number of hydrogen-bond donors (Lipinski definition) is 1. The van der Waals surface area contributed by atoms with Crippen LogP contribution >= 0.6 is 0 Å². The minimum atomic E-state index is -0.971. The molecule has 26 heavy (non-hydrogen) atoms. The summed E-state index contributed by atoms with van der Waals surface area (Å²) in [5, 5.41) is 2.59. The van der Waals surface area contributed by atoms with Crippen LogP contribution in [0.2, 0.25) is 0 Å². The summed E-state index contributed by atoms with van der Waals surface area (Å²) < 4.78 is 15.2. The number of carbonyl (C=O) groups excluding carboxylic acids is 3. The lowest BCUT2D eigenvalue weighted by Crippen LogP contribution is -2.44. The fraction of sp³-hybridized carbons (Fsp3) is 0.526. The zero-order valence-corrected chi connectivity index (χ0v) is 15.9. The summed E-state index contributed by atoms with van der Waals surface area (Å²) in [4.78, 5) is 36.3. The molecule has 1 aromatic carbocycles. The quantitative estimate of drug-likeness (QED) is 0.710. The maximum atomic E-state index is 12.5. The Balaban J connectivity index is 2.76. The highest BCUT2D eigenvalue weighted by molar-refractivity contribution is 5.88. The van der Waals surface area contributed by atoms with Gasteiger partial charge in [0.2, 0.25) is 0 Å². The predicted octanol–water partition coefficient (Wildman–Crippen LogP) is 2.15. The topological polar surface area (TPSA) is 90.9 Å². The Morgan fingerprint density at radius 3 is 2.19 bits per heavy atom. The molecule has 1 rings (SSSR count). The van der Waals surface area contributed by atoms with Crippen LogP contribution in [0.1, 0.15) is 45.3 Å². The molecule has 0 aliphatic carbocycles. The van der Waals surface area contributed by atoms with E-state index in [1.165, 1.54) is 14.2 Å². The summed E-state index contributed by atoms with van der Waals surface area (Å²) in [6.45, 7) is 5.27. The van der Waals surface area contributed by atoms with Gasteiger partial charge in [0.1, 0.15) is 11.6 Å². The highest BCUT2D eigenvalue weighted by atomic mass is 16.6. The van der Waals surface area contributed by atoms with Gasteiger partial charge < -0.3 is 19.5 Å². The molecule has 0 bridgehead atoms. The van der Waals surface area contributed by atoms with Crippen molar-refractivity contribution in [1.82, 2.24) is 5.32 Å². The molecule has 0 aliphatic heterocycles. The number of nitrogens with one attached hydrogen (secondary N) is 1. The van der Waals surface area contributed by atoms with Crippen molar-refractivity contribution in [3.63, 3.8) is 0 Å². The zero-order chi connectivity index (χ0) is 19.7. The van der Waals surface area contributed by atoms with E-state index in [0.29, 0.717) is 5.56 Å². The molecule has 144 valence electrons. The molecule has 0 spiro atoms. The Hall–Kier alpha value is -2.41. The van der Waals surface area contributed by atoms with Gasteiger partial charge in [-0.2, -0.15) is 0 Å². The summed E-state index contributed by atoms with van der Waals surface area (Å²) >= 11 is 0. The molecular weight excluding hydrogens is 338 g/mol. The van der Waals surface area contributed by atoms with Crippen molar-refractivity contribution in [2.45, 2.75) is 51.4 Å². The number of esters is 2. The molecule has 0 saturated carbocycles. The second kappa shape index (κ2) is 9.91. The highest BCUT2D eigenvalue weighted by Crippen LogP contribution is 2.17. The number of methoxy groups -OCH3 is 2. The van der Waals surface area contributed by atoms with E-state index in [9.17, 15) is 14.4 Å². The number of rotatable bonds is 8. The van der Waals surface area contributed by atoms with Crippen molar-refractivity contribution >= 4 is 17.8 Å². The lowest BCUT2D eigenvalue weighted by atomic mass is 10.1. The van der Waals surface area contributed by atoms with E-state index in [-0.39, 0.29) is 12.8 Å². The number of ether oxygens (including phenoxy) is 3. The third-order valence-electron chi connectivity index (χ3n) is 3.44. The van der Waals surface area contributed by atoms with E-state index in [1.807, 2.05) is 6.07 Å². The number of amides is 1. The number of carbonyl (C=O) groups is 3. The van der Waals surface area contributed by atoms with E-state index in [0.717, 1.165) is 0 Å². The van der Waals surface area contributed by atoms with Gasteiger partial charge in [0.25, 0.3) is 5.91 Å². The standard InChI is InChI=1S/C19H27NO6/c1-19(2,3)26-15(21)12-11-14(18(23)25-5)20-17(22)16(24-4)13-9-7-6-8-10-13/h6-10,14,16H,11-12H2,1-5H3,(H,20,22)/t14-,16-/m0/s1. The maximum Gasteiger partial charge on any atom is 0.328 e. The van der Waals surface area contributed by atoms with Crippen LogP contribution in [0, 0.1) is 0 Å². The second-order valence-electron chi connectivity index (χ2n) is 6.74. The summed E-state index contributed by atoms with van der Waals surface area (Å²) in [5.74, 6) is -1.57. The van der Waals surface area contributed by atoms with Crippen molar-refractivity contribution in [3.05, 3.63) is 35.9 Å². The number of benzene rings is 1. The van der Waals surface area contributed by atoms with Crippen molar-refractivity contribution in [1.29, 1.82) is 0 Å². The fourth-order valence-electron chi connectivity index (χ4n) is 2.32. The zero-order valence-electron chi connectivity index (χ0n) is 15.9. The SMILES string of the molecule is COC(=O)[C@H](CCC(=O)OC(C)(C)C)NC(=O)[C@@H](OC)c1ccccc1. The van der Waals surface area contributed by atoms with Crippen LogP contribution in [0.25, 0.3) is 0 Å². The first-order valence-corrected chi connectivity index (χ1v) is 8.35. The Morgan fingerprint density at radius 2 is 1.69 bits per heavy atom. The van der Waals surface area contributed by atoms with Gasteiger partial charge in [0, 0.05) is 13.5 Å². The minimum absolute atomic E-state index is 0.0275. The first-order valence-electron chi connectivity index (χ1n) is 8.35. The van der Waals surface area contributed by atoms with Gasteiger partial charge in [0.15, 0.2) is 6.10 Å². The fourth-order valence-corrected chi connectivity index (χ4v) is 2.32. The molecular formula is C19H27NO6. The van der Waals surface area contributed by atoms with Gasteiger partial charge >= 0.3 is 11.9 Å². The molecule has 7 heteroatoms. The van der Waals surface area contributed by atoms with Crippen LogP contribution < -0.4 is 5.32 Å². The van der Waals surface area contributed by atoms with Crippen molar-refractivity contribution in [2.24, 2.45) is 0 Å². The smallest absolute Gasteiger partial charge is 0.328 e. The summed E-state index contributed by atoms with van der Waals surface area (Å²) in [6, 6.07) is 7.93. The van der Waals surface area contributed by atoms with E-state index < -0.39 is 35.6 Å². The molecule has 1 aromatic rings. The van der Waals surface area contributed by atoms with Gasteiger partial charge in [-0.1, -0.05) is 30.3 Å². The van der Waals surface area contributed by atoms with Crippen molar-refractivity contribution < 1.29 is 28.6 Å². The van der Waals surface area contributed by atoms with Crippen LogP contribution in [0.15, 0.2) is 30.3 Å². The van der Waals surface area contributed by atoms with Gasteiger partial charge in [0.05, 0.1) is 7.11 Å². The summed E-state index contributed by atoms with van der Waals surface area (Å²) in [5.41, 5.74) is 0.0403. The summed E-state index contributed by atoms with van der Waals surface area (Å²) in [6.07, 6.45) is -0.830. The minimum Gasteiger partial charge on any atom is -0.467 e. The highest BCUT2D eigenvalue weighted by Gasteiger charge is 2.28. The molecule has 0 aliphatic rings. The lowest BCUT2D eigenvalue weighted by Gasteiger charge is -2.22. The van der Waals surface area contributed by atoms with Crippen LogP contribution in [0.3, 0.4) is 0 Å². The molecule has 0 heterocycles. The van der Waals surface area contributed by atoms with Gasteiger partial charge in [-0.15, -0.1) is 0 Å². The lowest BCUT2D eigenvalue weighted by molar-refractivity contribution is -0.155. The molecule has 0 radical (unpaired) electrons. The molecule has 0 saturated heterocycles. The first-order chi connectivity index (χ1) is 12.2. The summed E-state index contributed by atoms with van der Waals surface area (Å²) in [7, 11) is 2.63. The Labute approximate surface area is 154 Å². The van der Waals surface area contributed by atoms with Crippen LogP contribution in [-0.2, 0) is 28.6 Å². The Bertz CT molecular complexity index is 608. The third-order valence-corrected chi connectivity index (χ3v) is 3.44. The molecule has 1 amide bonds. The molecule has 0 aromatic heterocycles. The second-order valence-corrected chi connectivity index (χ2v) is 6.74. The molecule has 2 atom stereocenters. The van der Waals surface area contributed by atoms with Gasteiger partial charge in [-0.25, -0.2) is 4.79 Å². The predicted molar refractivity (Wildman–Crippen MR) is 95.2 cm³/mol. The van der Waals surface area contributed by atoms with E-state index in [4.69, 9.17) is 14.2 Å². The van der Waals surface area contributed by atoms with Crippen molar-refractivity contribution in [3.8, 4) is 0 Å². The third kappa shape index (κ3) is 7.23. The van der Waals surface area contributed by atoms with Crippen LogP contribution in [0.4, 0.5) is 0 Å². The van der Waals surface area contributed by atoms with Crippen molar-refractivity contribution in [2.75, 3.05) is 14.2 Å². The van der Waals surface area contributed by atoms with Crippen LogP contribution in [0.5, 0.6) is 0 Å². The first kappa shape index (κ1) is 21.6. The molecule has 0 unspecified atom stereocenters. The van der Waals surface area contributed by atoms with E-state index >= 15 is 0 Å². The van der Waals surface area contributed by atoms with E-state index in [1.54, 1.807) is 45.0 Å². The molecule has 7 nitrogen and oxygen atoms in total. The molecule has 1 N–H and O–H groups in total. The van der Waals surface area contributed by atoms with Crippen LogP contribution in [-0.4, -0.2) is 43.7 Å². The van der Waals surface area contributed by atoms with Gasteiger partial charge in [-0.3, -0.25) is 9.59 Å². The average Bonchev–Trinajstić information content (AvgIpc) is 2.58. The number of hydrogen-bond acceptors (Lipinski definition) is 6. The largest absolute Gasteiger partial charge is 0.467 e. The average molecular weight is 365 g/mol. The maximum absolute atomic E-state index is 12.5. The monoisotopic (exact) mass is 365 g/mol. The van der Waals surface area contributed by atoms with E-state index in [2.05, 4.69) is 5.32 Å². The normalized spacial score (nSPS) is 13.4. The van der Waals surface area contributed by atoms with Gasteiger partial charge in [-0.05, 0) is 32.8 Å².